The lowest BCUT2D eigenvalue weighted by atomic mass is 9.96. The fourth-order valence-corrected chi connectivity index (χ4v) is 4.51. The SMILES string of the molecule is O=C1c2ccccc2S(=O)(=O)c2ccc3ccccc3c21. The van der Waals surface area contributed by atoms with Gasteiger partial charge in [-0.3, -0.25) is 4.79 Å². The van der Waals surface area contributed by atoms with Gasteiger partial charge in [-0.2, -0.15) is 0 Å². The summed E-state index contributed by atoms with van der Waals surface area (Å²) in [4.78, 5) is 12.9. The van der Waals surface area contributed by atoms with Crippen LogP contribution in [0.5, 0.6) is 0 Å². The minimum Gasteiger partial charge on any atom is -0.288 e. The lowest BCUT2D eigenvalue weighted by molar-refractivity contribution is 0.103. The second-order valence-corrected chi connectivity index (χ2v) is 6.88. The molecule has 0 saturated heterocycles. The van der Waals surface area contributed by atoms with Crippen LogP contribution >= 0.6 is 0 Å². The van der Waals surface area contributed by atoms with E-state index in [2.05, 4.69) is 0 Å². The van der Waals surface area contributed by atoms with Gasteiger partial charge in [0.05, 0.1) is 9.79 Å². The molecule has 0 unspecified atom stereocenters. The Morgan fingerprint density at radius 1 is 0.714 bits per heavy atom. The third kappa shape index (κ3) is 1.53. The first kappa shape index (κ1) is 12.3. The zero-order valence-corrected chi connectivity index (χ0v) is 11.7. The molecule has 0 N–H and O–H groups in total. The van der Waals surface area contributed by atoms with Gasteiger partial charge in [-0.15, -0.1) is 0 Å². The molecule has 1 aliphatic rings. The van der Waals surface area contributed by atoms with Crippen molar-refractivity contribution in [2.45, 2.75) is 9.79 Å². The van der Waals surface area contributed by atoms with Crippen LogP contribution < -0.4 is 0 Å². The topological polar surface area (TPSA) is 51.2 Å². The maximum atomic E-state index is 12.7. The zero-order chi connectivity index (χ0) is 14.6. The molecule has 21 heavy (non-hydrogen) atoms. The highest BCUT2D eigenvalue weighted by Crippen LogP contribution is 2.37. The summed E-state index contributed by atoms with van der Waals surface area (Å²) in [6, 6.07) is 17.0. The average Bonchev–Trinajstić information content (AvgIpc) is 2.52. The van der Waals surface area contributed by atoms with Crippen molar-refractivity contribution in [1.29, 1.82) is 0 Å². The van der Waals surface area contributed by atoms with Crippen LogP contribution in [0.15, 0.2) is 70.5 Å². The van der Waals surface area contributed by atoms with Gasteiger partial charge in [-0.25, -0.2) is 8.42 Å². The second kappa shape index (κ2) is 4.02. The van der Waals surface area contributed by atoms with E-state index < -0.39 is 9.84 Å². The van der Waals surface area contributed by atoms with Gasteiger partial charge in [-0.05, 0) is 29.0 Å². The standard InChI is InChI=1S/C17H10O3S/c18-17-13-7-3-4-8-14(13)21(19,20)15-10-9-11-5-1-2-6-12(11)16(15)17/h1-10H. The summed E-state index contributed by atoms with van der Waals surface area (Å²) in [5.41, 5.74) is 0.535. The van der Waals surface area contributed by atoms with E-state index >= 15 is 0 Å². The van der Waals surface area contributed by atoms with Crippen LogP contribution in [0.4, 0.5) is 0 Å². The molecular formula is C17H10O3S. The monoisotopic (exact) mass is 294 g/mol. The third-order valence-electron chi connectivity index (χ3n) is 3.83. The molecule has 0 radical (unpaired) electrons. The summed E-state index contributed by atoms with van der Waals surface area (Å²) in [6.07, 6.45) is 0. The van der Waals surface area contributed by atoms with Crippen LogP contribution in [0.3, 0.4) is 0 Å². The lowest BCUT2D eigenvalue weighted by Crippen LogP contribution is -2.20. The molecule has 0 fully saturated rings. The summed E-state index contributed by atoms with van der Waals surface area (Å²) < 4.78 is 25.5. The molecule has 0 amide bonds. The molecule has 0 atom stereocenters. The summed E-state index contributed by atoms with van der Waals surface area (Å²) >= 11 is 0. The number of carbonyl (C=O) groups excluding carboxylic acids is 1. The Balaban J connectivity index is 2.22. The van der Waals surface area contributed by atoms with Crippen molar-refractivity contribution >= 4 is 26.4 Å². The van der Waals surface area contributed by atoms with Gasteiger partial charge in [-0.1, -0.05) is 42.5 Å². The normalized spacial score (nSPS) is 15.5. The number of sulfone groups is 1. The van der Waals surface area contributed by atoms with Crippen LogP contribution in [0.25, 0.3) is 10.8 Å². The van der Waals surface area contributed by atoms with Gasteiger partial charge in [0.15, 0.2) is 5.78 Å². The largest absolute Gasteiger partial charge is 0.288 e. The van der Waals surface area contributed by atoms with Crippen LogP contribution in [0, 0.1) is 0 Å². The molecule has 4 heteroatoms. The fourth-order valence-electron chi connectivity index (χ4n) is 2.85. The minimum atomic E-state index is -3.65. The van der Waals surface area contributed by atoms with Crippen LogP contribution in [-0.2, 0) is 9.84 Å². The summed E-state index contributed by atoms with van der Waals surface area (Å²) in [6.45, 7) is 0. The van der Waals surface area contributed by atoms with Crippen molar-refractivity contribution in [2.75, 3.05) is 0 Å². The maximum absolute atomic E-state index is 12.7. The highest BCUT2D eigenvalue weighted by molar-refractivity contribution is 7.91. The summed E-state index contributed by atoms with van der Waals surface area (Å²) in [5.74, 6) is -0.229. The van der Waals surface area contributed by atoms with E-state index in [0.717, 1.165) is 5.39 Å². The molecule has 1 aliphatic heterocycles. The number of carbonyl (C=O) groups is 1. The highest BCUT2D eigenvalue weighted by Gasteiger charge is 2.35. The molecule has 3 nitrogen and oxygen atoms in total. The van der Waals surface area contributed by atoms with Crippen molar-refractivity contribution in [1.82, 2.24) is 0 Å². The molecule has 0 bridgehead atoms. The number of rotatable bonds is 0. The molecule has 102 valence electrons. The highest BCUT2D eigenvalue weighted by atomic mass is 32.2. The van der Waals surface area contributed by atoms with E-state index in [9.17, 15) is 13.2 Å². The first-order valence-electron chi connectivity index (χ1n) is 6.51. The van der Waals surface area contributed by atoms with E-state index in [4.69, 9.17) is 0 Å². The molecule has 1 heterocycles. The number of hydrogen-bond donors (Lipinski definition) is 0. The minimum absolute atomic E-state index is 0.0952. The first-order chi connectivity index (χ1) is 10.1. The quantitative estimate of drug-likeness (QED) is 0.500. The summed E-state index contributed by atoms with van der Waals surface area (Å²) in [7, 11) is -3.65. The van der Waals surface area contributed by atoms with E-state index in [1.165, 1.54) is 12.1 Å². The molecule has 0 spiro atoms. The van der Waals surface area contributed by atoms with Crippen molar-refractivity contribution in [3.8, 4) is 0 Å². The maximum Gasteiger partial charge on any atom is 0.208 e. The molecule has 3 aromatic carbocycles. The molecule has 0 aromatic heterocycles. The van der Waals surface area contributed by atoms with Crippen LogP contribution in [0.1, 0.15) is 15.9 Å². The fraction of sp³-hybridized carbons (Fsp3) is 0. The van der Waals surface area contributed by atoms with Crippen molar-refractivity contribution in [2.24, 2.45) is 0 Å². The molecular weight excluding hydrogens is 284 g/mol. The molecule has 4 rings (SSSR count). The van der Waals surface area contributed by atoms with Crippen molar-refractivity contribution in [3.63, 3.8) is 0 Å². The Labute approximate surface area is 121 Å². The van der Waals surface area contributed by atoms with Gasteiger partial charge in [0.2, 0.25) is 9.84 Å². The van der Waals surface area contributed by atoms with E-state index in [0.29, 0.717) is 5.39 Å². The van der Waals surface area contributed by atoms with Gasteiger partial charge >= 0.3 is 0 Å². The smallest absolute Gasteiger partial charge is 0.208 e. The van der Waals surface area contributed by atoms with Gasteiger partial charge in [0.1, 0.15) is 0 Å². The van der Waals surface area contributed by atoms with Crippen molar-refractivity contribution in [3.05, 3.63) is 71.8 Å². The van der Waals surface area contributed by atoms with E-state index in [1.54, 1.807) is 30.3 Å². The van der Waals surface area contributed by atoms with E-state index in [1.807, 2.05) is 18.2 Å². The first-order valence-corrected chi connectivity index (χ1v) is 7.99. The number of ketones is 1. The van der Waals surface area contributed by atoms with Crippen molar-refractivity contribution < 1.29 is 13.2 Å². The molecule has 3 aromatic rings. The number of benzene rings is 3. The Morgan fingerprint density at radius 3 is 2.29 bits per heavy atom. The number of fused-ring (bicyclic) bond motifs is 4. The Hall–Kier alpha value is -2.46. The van der Waals surface area contributed by atoms with Crippen LogP contribution in [0.2, 0.25) is 0 Å². The number of hydrogen-bond acceptors (Lipinski definition) is 3. The third-order valence-corrected chi connectivity index (χ3v) is 5.68. The Bertz CT molecular complexity index is 1020. The Morgan fingerprint density at radius 2 is 1.43 bits per heavy atom. The second-order valence-electron chi connectivity index (χ2n) is 4.99. The van der Waals surface area contributed by atoms with Gasteiger partial charge in [0.25, 0.3) is 0 Å². The predicted octanol–water partition coefficient (Wildman–Crippen LogP) is 3.22. The molecule has 0 saturated carbocycles. The van der Waals surface area contributed by atoms with Gasteiger partial charge < -0.3 is 0 Å². The van der Waals surface area contributed by atoms with Gasteiger partial charge in [0, 0.05) is 11.1 Å². The van der Waals surface area contributed by atoms with E-state index in [-0.39, 0.29) is 26.7 Å². The average molecular weight is 294 g/mol. The predicted molar refractivity (Wildman–Crippen MR) is 79.3 cm³/mol. The molecule has 0 aliphatic carbocycles. The Kier molecular flexibility index (Phi) is 2.35. The zero-order valence-electron chi connectivity index (χ0n) is 10.9. The lowest BCUT2D eigenvalue weighted by Gasteiger charge is -2.20. The van der Waals surface area contributed by atoms with Crippen LogP contribution in [-0.4, -0.2) is 14.2 Å². The summed E-state index contributed by atoms with van der Waals surface area (Å²) in [5, 5.41) is 1.54.